The maximum absolute atomic E-state index is 12.2. The van der Waals surface area contributed by atoms with Gasteiger partial charge in [-0.1, -0.05) is 28.8 Å². The Balaban J connectivity index is 2.16. The van der Waals surface area contributed by atoms with Gasteiger partial charge in [-0.3, -0.25) is 0 Å². The van der Waals surface area contributed by atoms with Crippen molar-refractivity contribution in [3.05, 3.63) is 22.7 Å². The summed E-state index contributed by atoms with van der Waals surface area (Å²) in [5, 5.41) is 0. The van der Waals surface area contributed by atoms with E-state index in [1.54, 1.807) is 12.1 Å². The lowest BCUT2D eigenvalue weighted by Crippen LogP contribution is -2.33. The molecule has 0 radical (unpaired) electrons. The Morgan fingerprint density at radius 3 is 2.78 bits per heavy atom. The summed E-state index contributed by atoms with van der Waals surface area (Å²) in [6, 6.07) is 4.79. The van der Waals surface area contributed by atoms with Gasteiger partial charge in [-0.05, 0) is 37.5 Å². The summed E-state index contributed by atoms with van der Waals surface area (Å²) < 4.78 is 27.8. The number of hydrogen-bond acceptors (Lipinski definition) is 3. The van der Waals surface area contributed by atoms with Gasteiger partial charge in [0.15, 0.2) is 0 Å². The van der Waals surface area contributed by atoms with Crippen LogP contribution in [0.1, 0.15) is 26.2 Å². The van der Waals surface area contributed by atoms with Crippen LogP contribution in [-0.2, 0) is 10.0 Å². The summed E-state index contributed by atoms with van der Waals surface area (Å²) in [5.74, 6) is 0.683. The molecule has 1 aromatic carbocycles. The number of rotatable bonds is 5. The van der Waals surface area contributed by atoms with Crippen molar-refractivity contribution in [2.45, 2.75) is 37.1 Å². The number of nitrogens with one attached hydrogen (secondary N) is 1. The summed E-state index contributed by atoms with van der Waals surface area (Å²) in [4.78, 5) is 0.138. The topological polar surface area (TPSA) is 72.2 Å². The van der Waals surface area contributed by atoms with Crippen LogP contribution in [0, 0.1) is 5.92 Å². The zero-order valence-corrected chi connectivity index (χ0v) is 12.6. The first kappa shape index (κ1) is 13.8. The van der Waals surface area contributed by atoms with Crippen molar-refractivity contribution in [3.63, 3.8) is 0 Å². The fourth-order valence-electron chi connectivity index (χ4n) is 1.97. The minimum absolute atomic E-state index is 0.0547. The highest BCUT2D eigenvalue weighted by atomic mass is 79.9. The first-order valence-corrected chi connectivity index (χ1v) is 8.23. The van der Waals surface area contributed by atoms with Gasteiger partial charge in [-0.25, -0.2) is 13.1 Å². The lowest BCUT2D eigenvalue weighted by molar-refractivity contribution is 0.530. The molecule has 1 unspecified atom stereocenters. The predicted octanol–water partition coefficient (Wildman–Crippen LogP) is 2.50. The quantitative estimate of drug-likeness (QED) is 0.813. The molecule has 3 N–H and O–H groups in total. The third kappa shape index (κ3) is 3.46. The standard InChI is InChI=1S/C12H17BrN2O2S/c1-8(6-9-2-3-9)15-18(16,17)12-7-10(13)4-5-11(12)14/h4-5,7-9,15H,2-3,6,14H2,1H3. The molecule has 100 valence electrons. The molecule has 0 aromatic heterocycles. The van der Waals surface area contributed by atoms with E-state index < -0.39 is 10.0 Å². The first-order chi connectivity index (χ1) is 8.38. The smallest absolute Gasteiger partial charge is 0.242 e. The van der Waals surface area contributed by atoms with Crippen LogP contribution in [-0.4, -0.2) is 14.5 Å². The summed E-state index contributed by atoms with van der Waals surface area (Å²) in [7, 11) is -3.54. The molecule has 0 spiro atoms. The molecule has 0 saturated heterocycles. The van der Waals surface area contributed by atoms with Crippen LogP contribution >= 0.6 is 15.9 Å². The van der Waals surface area contributed by atoms with Crippen LogP contribution in [0.2, 0.25) is 0 Å². The highest BCUT2D eigenvalue weighted by Crippen LogP contribution is 2.33. The molecule has 0 heterocycles. The van der Waals surface area contributed by atoms with Crippen LogP contribution in [0.15, 0.2) is 27.6 Å². The molecule has 18 heavy (non-hydrogen) atoms. The van der Waals surface area contributed by atoms with E-state index in [2.05, 4.69) is 20.7 Å². The van der Waals surface area contributed by atoms with E-state index in [9.17, 15) is 8.42 Å². The fraction of sp³-hybridized carbons (Fsp3) is 0.500. The predicted molar refractivity (Wildman–Crippen MR) is 75.7 cm³/mol. The average Bonchev–Trinajstić information content (AvgIpc) is 3.04. The number of halogens is 1. The number of anilines is 1. The largest absolute Gasteiger partial charge is 0.398 e. The van der Waals surface area contributed by atoms with Crippen LogP contribution in [0.25, 0.3) is 0 Å². The van der Waals surface area contributed by atoms with Crippen molar-refractivity contribution < 1.29 is 8.42 Å². The molecule has 4 nitrogen and oxygen atoms in total. The SMILES string of the molecule is CC(CC1CC1)NS(=O)(=O)c1cc(Br)ccc1N. The molecule has 1 atom stereocenters. The minimum Gasteiger partial charge on any atom is -0.398 e. The fourth-order valence-corrected chi connectivity index (χ4v) is 3.90. The van der Waals surface area contributed by atoms with Crippen molar-refractivity contribution in [2.75, 3.05) is 5.73 Å². The van der Waals surface area contributed by atoms with Gasteiger partial charge in [0, 0.05) is 10.5 Å². The van der Waals surface area contributed by atoms with Gasteiger partial charge in [-0.15, -0.1) is 0 Å². The van der Waals surface area contributed by atoms with Gasteiger partial charge in [0.05, 0.1) is 5.69 Å². The maximum atomic E-state index is 12.2. The third-order valence-electron chi connectivity index (χ3n) is 3.01. The Morgan fingerprint density at radius 1 is 1.50 bits per heavy atom. The molecule has 2 rings (SSSR count). The summed E-state index contributed by atoms with van der Waals surface area (Å²) in [5.41, 5.74) is 5.99. The highest BCUT2D eigenvalue weighted by Gasteiger charge is 2.27. The maximum Gasteiger partial charge on any atom is 0.242 e. The monoisotopic (exact) mass is 332 g/mol. The Bertz CT molecular complexity index is 541. The lowest BCUT2D eigenvalue weighted by atomic mass is 10.2. The Hall–Kier alpha value is -0.590. The Morgan fingerprint density at radius 2 is 2.17 bits per heavy atom. The molecular weight excluding hydrogens is 316 g/mol. The molecule has 6 heteroatoms. The van der Waals surface area contributed by atoms with Gasteiger partial charge in [0.1, 0.15) is 4.90 Å². The summed E-state index contributed by atoms with van der Waals surface area (Å²) in [6.45, 7) is 1.89. The van der Waals surface area contributed by atoms with Crippen molar-refractivity contribution in [2.24, 2.45) is 5.92 Å². The number of sulfonamides is 1. The summed E-state index contributed by atoms with van der Waals surface area (Å²) in [6.07, 6.45) is 3.32. The molecule has 1 aliphatic rings. The normalized spacial score (nSPS) is 17.7. The van der Waals surface area contributed by atoms with Crippen molar-refractivity contribution in [3.8, 4) is 0 Å². The van der Waals surface area contributed by atoms with E-state index in [0.717, 1.165) is 6.42 Å². The molecule has 1 fully saturated rings. The molecular formula is C12H17BrN2O2S. The van der Waals surface area contributed by atoms with E-state index in [-0.39, 0.29) is 16.6 Å². The van der Waals surface area contributed by atoms with Crippen LogP contribution in [0.4, 0.5) is 5.69 Å². The minimum atomic E-state index is -3.54. The van der Waals surface area contributed by atoms with Gasteiger partial charge in [-0.2, -0.15) is 0 Å². The second-order valence-electron chi connectivity index (χ2n) is 4.88. The lowest BCUT2D eigenvalue weighted by Gasteiger charge is -2.15. The van der Waals surface area contributed by atoms with Crippen molar-refractivity contribution >= 4 is 31.6 Å². The molecule has 0 bridgehead atoms. The van der Waals surface area contributed by atoms with E-state index >= 15 is 0 Å². The van der Waals surface area contributed by atoms with Gasteiger partial charge < -0.3 is 5.73 Å². The Kier molecular flexibility index (Phi) is 3.99. The molecule has 1 aliphatic carbocycles. The van der Waals surface area contributed by atoms with E-state index in [1.807, 2.05) is 6.92 Å². The van der Waals surface area contributed by atoms with Crippen molar-refractivity contribution in [1.82, 2.24) is 4.72 Å². The van der Waals surface area contributed by atoms with Gasteiger partial charge in [0.25, 0.3) is 0 Å². The first-order valence-electron chi connectivity index (χ1n) is 5.96. The van der Waals surface area contributed by atoms with Gasteiger partial charge in [0.2, 0.25) is 10.0 Å². The van der Waals surface area contributed by atoms with Crippen LogP contribution in [0.3, 0.4) is 0 Å². The Labute approximate surface area is 116 Å². The average molecular weight is 333 g/mol. The number of nitrogens with two attached hydrogens (primary N) is 1. The molecule has 0 amide bonds. The van der Waals surface area contributed by atoms with Crippen LogP contribution < -0.4 is 10.5 Å². The molecule has 0 aliphatic heterocycles. The second kappa shape index (κ2) is 5.19. The molecule has 1 saturated carbocycles. The zero-order valence-electron chi connectivity index (χ0n) is 10.2. The number of hydrogen-bond donors (Lipinski definition) is 2. The van der Waals surface area contributed by atoms with Crippen LogP contribution in [0.5, 0.6) is 0 Å². The molecule has 1 aromatic rings. The van der Waals surface area contributed by atoms with E-state index in [0.29, 0.717) is 10.4 Å². The van der Waals surface area contributed by atoms with Crippen molar-refractivity contribution in [1.29, 1.82) is 0 Å². The second-order valence-corrected chi connectivity index (χ2v) is 7.48. The zero-order chi connectivity index (χ0) is 13.3. The highest BCUT2D eigenvalue weighted by molar-refractivity contribution is 9.10. The van der Waals surface area contributed by atoms with E-state index in [4.69, 9.17) is 5.73 Å². The number of benzene rings is 1. The van der Waals surface area contributed by atoms with E-state index in [1.165, 1.54) is 18.9 Å². The third-order valence-corrected chi connectivity index (χ3v) is 5.14. The van der Waals surface area contributed by atoms with Gasteiger partial charge >= 0.3 is 0 Å². The summed E-state index contributed by atoms with van der Waals surface area (Å²) >= 11 is 3.26. The number of nitrogen functional groups attached to an aromatic ring is 1.